The van der Waals surface area contributed by atoms with Crippen molar-refractivity contribution in [2.75, 3.05) is 13.2 Å². The van der Waals surface area contributed by atoms with Crippen molar-refractivity contribution in [3.8, 4) is 22.9 Å². The molecule has 2 rings (SSSR count). The third-order valence-electron chi connectivity index (χ3n) is 3.65. The SMILES string of the molecule is CC(C)CCOc1ccnc(-c2cc(OCCC(C)C)ccn2)c1. The molecule has 0 saturated carbocycles. The molecule has 0 N–H and O–H groups in total. The van der Waals surface area contributed by atoms with E-state index in [1.807, 2.05) is 24.3 Å². The molecule has 0 spiro atoms. The number of aromatic nitrogens is 2. The Morgan fingerprint density at radius 3 is 1.54 bits per heavy atom. The van der Waals surface area contributed by atoms with Gasteiger partial charge in [0.2, 0.25) is 0 Å². The Kier molecular flexibility index (Phi) is 7.04. The molecule has 0 amide bonds. The molecule has 2 aromatic heterocycles. The average molecular weight is 328 g/mol. The van der Waals surface area contributed by atoms with Gasteiger partial charge in [0.15, 0.2) is 0 Å². The smallest absolute Gasteiger partial charge is 0.123 e. The van der Waals surface area contributed by atoms with Crippen LogP contribution in [0.2, 0.25) is 0 Å². The average Bonchev–Trinajstić information content (AvgIpc) is 2.55. The van der Waals surface area contributed by atoms with E-state index in [-0.39, 0.29) is 0 Å². The van der Waals surface area contributed by atoms with Gasteiger partial charge in [-0.3, -0.25) is 9.97 Å². The first-order valence-electron chi connectivity index (χ1n) is 8.72. The summed E-state index contributed by atoms with van der Waals surface area (Å²) in [5.74, 6) is 2.92. The van der Waals surface area contributed by atoms with Gasteiger partial charge in [0.25, 0.3) is 0 Å². The molecule has 0 atom stereocenters. The summed E-state index contributed by atoms with van der Waals surface area (Å²) in [5.41, 5.74) is 1.60. The Labute approximate surface area is 145 Å². The van der Waals surface area contributed by atoms with Crippen LogP contribution in [0.4, 0.5) is 0 Å². The van der Waals surface area contributed by atoms with Gasteiger partial charge in [0.1, 0.15) is 11.5 Å². The zero-order valence-corrected chi connectivity index (χ0v) is 15.2. The van der Waals surface area contributed by atoms with Crippen molar-refractivity contribution < 1.29 is 9.47 Å². The summed E-state index contributed by atoms with van der Waals surface area (Å²) in [6.07, 6.45) is 5.59. The molecule has 4 nitrogen and oxygen atoms in total. The molecule has 24 heavy (non-hydrogen) atoms. The van der Waals surface area contributed by atoms with E-state index in [0.717, 1.165) is 35.7 Å². The summed E-state index contributed by atoms with van der Waals surface area (Å²) in [6.45, 7) is 10.2. The van der Waals surface area contributed by atoms with Crippen LogP contribution in [0.3, 0.4) is 0 Å². The quantitative estimate of drug-likeness (QED) is 0.650. The van der Waals surface area contributed by atoms with Crippen LogP contribution in [0.1, 0.15) is 40.5 Å². The molecule has 0 aromatic carbocycles. The third kappa shape index (κ3) is 6.19. The highest BCUT2D eigenvalue weighted by Crippen LogP contribution is 2.23. The maximum atomic E-state index is 5.80. The van der Waals surface area contributed by atoms with Gasteiger partial charge in [-0.25, -0.2) is 0 Å². The summed E-state index contributed by atoms with van der Waals surface area (Å²) in [4.78, 5) is 8.81. The number of hydrogen-bond donors (Lipinski definition) is 0. The topological polar surface area (TPSA) is 44.2 Å². The van der Waals surface area contributed by atoms with Crippen LogP contribution in [0.25, 0.3) is 11.4 Å². The van der Waals surface area contributed by atoms with Gasteiger partial charge in [-0.15, -0.1) is 0 Å². The van der Waals surface area contributed by atoms with Gasteiger partial charge < -0.3 is 9.47 Å². The van der Waals surface area contributed by atoms with Crippen molar-refractivity contribution in [2.24, 2.45) is 11.8 Å². The summed E-state index contributed by atoms with van der Waals surface area (Å²) < 4.78 is 11.6. The Morgan fingerprint density at radius 1 is 0.750 bits per heavy atom. The predicted octanol–water partition coefficient (Wildman–Crippen LogP) is 4.99. The largest absolute Gasteiger partial charge is 0.493 e. The van der Waals surface area contributed by atoms with Crippen LogP contribution in [0.5, 0.6) is 11.5 Å². The van der Waals surface area contributed by atoms with E-state index in [4.69, 9.17) is 9.47 Å². The zero-order chi connectivity index (χ0) is 17.4. The maximum Gasteiger partial charge on any atom is 0.123 e. The van der Waals surface area contributed by atoms with Crippen LogP contribution in [-0.4, -0.2) is 23.2 Å². The van der Waals surface area contributed by atoms with Crippen LogP contribution in [0, 0.1) is 11.8 Å². The first-order chi connectivity index (χ1) is 11.5. The lowest BCUT2D eigenvalue weighted by molar-refractivity contribution is 0.288. The lowest BCUT2D eigenvalue weighted by atomic mass is 10.1. The van der Waals surface area contributed by atoms with E-state index >= 15 is 0 Å². The minimum atomic E-state index is 0.632. The van der Waals surface area contributed by atoms with Gasteiger partial charge in [0, 0.05) is 24.5 Å². The van der Waals surface area contributed by atoms with Crippen LogP contribution in [0.15, 0.2) is 36.7 Å². The number of ether oxygens (including phenoxy) is 2. The Hall–Kier alpha value is -2.10. The molecule has 4 heteroatoms. The van der Waals surface area contributed by atoms with Gasteiger partial charge in [-0.2, -0.15) is 0 Å². The number of pyridine rings is 2. The first kappa shape index (κ1) is 18.2. The van der Waals surface area contributed by atoms with Crippen molar-refractivity contribution in [3.05, 3.63) is 36.7 Å². The molecule has 0 saturated heterocycles. The fourth-order valence-electron chi connectivity index (χ4n) is 2.11. The highest BCUT2D eigenvalue weighted by atomic mass is 16.5. The molecule has 0 unspecified atom stereocenters. The van der Waals surface area contributed by atoms with Crippen molar-refractivity contribution in [1.82, 2.24) is 9.97 Å². The van der Waals surface area contributed by atoms with Crippen molar-refractivity contribution >= 4 is 0 Å². The van der Waals surface area contributed by atoms with Crippen molar-refractivity contribution in [3.63, 3.8) is 0 Å². The number of hydrogen-bond acceptors (Lipinski definition) is 4. The van der Waals surface area contributed by atoms with Crippen molar-refractivity contribution in [1.29, 1.82) is 0 Å². The predicted molar refractivity (Wildman–Crippen MR) is 97.4 cm³/mol. The Morgan fingerprint density at radius 2 is 1.17 bits per heavy atom. The molecule has 2 heterocycles. The third-order valence-corrected chi connectivity index (χ3v) is 3.65. The van der Waals surface area contributed by atoms with Crippen LogP contribution < -0.4 is 9.47 Å². The van der Waals surface area contributed by atoms with E-state index < -0.39 is 0 Å². The second-order valence-corrected chi connectivity index (χ2v) is 6.82. The fourth-order valence-corrected chi connectivity index (χ4v) is 2.11. The minimum Gasteiger partial charge on any atom is -0.493 e. The highest BCUT2D eigenvalue weighted by Gasteiger charge is 2.06. The van der Waals surface area contributed by atoms with E-state index in [0.29, 0.717) is 25.0 Å². The molecule has 0 fully saturated rings. The van der Waals surface area contributed by atoms with E-state index in [9.17, 15) is 0 Å². The second-order valence-electron chi connectivity index (χ2n) is 6.82. The van der Waals surface area contributed by atoms with Crippen LogP contribution >= 0.6 is 0 Å². The Bertz CT molecular complexity index is 571. The van der Waals surface area contributed by atoms with Gasteiger partial charge in [-0.1, -0.05) is 27.7 Å². The fraction of sp³-hybridized carbons (Fsp3) is 0.500. The van der Waals surface area contributed by atoms with Gasteiger partial charge >= 0.3 is 0 Å². The number of nitrogens with zero attached hydrogens (tertiary/aromatic N) is 2. The molecule has 130 valence electrons. The lowest BCUT2D eigenvalue weighted by Gasteiger charge is -2.10. The summed E-state index contributed by atoms with van der Waals surface area (Å²) in [5, 5.41) is 0. The van der Waals surface area contributed by atoms with Crippen molar-refractivity contribution in [2.45, 2.75) is 40.5 Å². The van der Waals surface area contributed by atoms with E-state index in [1.165, 1.54) is 0 Å². The number of rotatable bonds is 9. The molecular weight excluding hydrogens is 300 g/mol. The minimum absolute atomic E-state index is 0.632. The summed E-state index contributed by atoms with van der Waals surface area (Å²) >= 11 is 0. The molecular formula is C20H28N2O2. The van der Waals surface area contributed by atoms with Gasteiger partial charge in [-0.05, 0) is 36.8 Å². The molecule has 0 radical (unpaired) electrons. The molecule has 0 aliphatic rings. The van der Waals surface area contributed by atoms with E-state index in [2.05, 4.69) is 37.7 Å². The second kappa shape index (κ2) is 9.26. The normalized spacial score (nSPS) is 11.1. The van der Waals surface area contributed by atoms with E-state index in [1.54, 1.807) is 12.4 Å². The summed E-state index contributed by atoms with van der Waals surface area (Å²) in [6, 6.07) is 7.63. The molecule has 0 aliphatic heterocycles. The molecule has 2 aromatic rings. The first-order valence-corrected chi connectivity index (χ1v) is 8.72. The molecule has 0 bridgehead atoms. The monoisotopic (exact) mass is 328 g/mol. The standard InChI is InChI=1S/C20H28N2O2/c1-15(2)7-11-23-17-5-9-21-19(13-17)20-14-18(6-10-22-20)24-12-8-16(3)4/h5-6,9-10,13-16H,7-8,11-12H2,1-4H3. The lowest BCUT2D eigenvalue weighted by Crippen LogP contribution is -2.02. The zero-order valence-electron chi connectivity index (χ0n) is 15.2. The maximum absolute atomic E-state index is 5.80. The van der Waals surface area contributed by atoms with Gasteiger partial charge in [0.05, 0.1) is 24.6 Å². The Balaban J connectivity index is 2.02. The van der Waals surface area contributed by atoms with Crippen LogP contribution in [-0.2, 0) is 0 Å². The summed E-state index contributed by atoms with van der Waals surface area (Å²) in [7, 11) is 0. The molecule has 0 aliphatic carbocycles. The highest BCUT2D eigenvalue weighted by molar-refractivity contribution is 5.57.